The fourth-order valence-corrected chi connectivity index (χ4v) is 6.17. The largest absolute Gasteiger partial charge is 0.497 e. The van der Waals surface area contributed by atoms with E-state index in [1.165, 1.54) is 16.6 Å². The monoisotopic (exact) mass is 575 g/mol. The van der Waals surface area contributed by atoms with E-state index < -0.39 is 35.6 Å². The highest BCUT2D eigenvalue weighted by atomic mass is 32.1. The predicted octanol–water partition coefficient (Wildman–Crippen LogP) is 2.48. The van der Waals surface area contributed by atoms with Gasteiger partial charge >= 0.3 is 11.9 Å². The summed E-state index contributed by atoms with van der Waals surface area (Å²) in [6.45, 7) is 6.77. The van der Waals surface area contributed by atoms with Crippen LogP contribution in [0.15, 0.2) is 69.6 Å². The van der Waals surface area contributed by atoms with Crippen molar-refractivity contribution in [2.75, 3.05) is 25.2 Å². The molecule has 212 valence electrons. The van der Waals surface area contributed by atoms with Gasteiger partial charge in [-0.05, 0) is 51.5 Å². The van der Waals surface area contributed by atoms with E-state index in [1.807, 2.05) is 0 Å². The molecule has 1 aromatic heterocycles. The predicted molar refractivity (Wildman–Crippen MR) is 152 cm³/mol. The number of fused-ring (bicyclic) bond motifs is 2. The summed E-state index contributed by atoms with van der Waals surface area (Å²) in [5.41, 5.74) is 1.97. The topological polar surface area (TPSA) is 116 Å². The molecule has 3 aromatic rings. The Kier molecular flexibility index (Phi) is 7.63. The average Bonchev–Trinajstić information content (AvgIpc) is 3.40. The van der Waals surface area contributed by atoms with Crippen LogP contribution in [-0.2, 0) is 23.9 Å². The van der Waals surface area contributed by atoms with Crippen molar-refractivity contribution >= 4 is 40.4 Å². The molecule has 0 unspecified atom stereocenters. The van der Waals surface area contributed by atoms with Crippen molar-refractivity contribution in [3.63, 3.8) is 0 Å². The molecule has 0 aliphatic carbocycles. The molecule has 11 heteroatoms. The minimum absolute atomic E-state index is 0.159. The smallest absolute Gasteiger partial charge is 0.338 e. The minimum atomic E-state index is -0.871. The van der Waals surface area contributed by atoms with Gasteiger partial charge in [0, 0.05) is 5.56 Å². The molecule has 0 fully saturated rings. The maximum Gasteiger partial charge on any atom is 0.338 e. The highest BCUT2D eigenvalue weighted by Crippen LogP contribution is 2.36. The lowest BCUT2D eigenvalue weighted by molar-refractivity contribution is -0.143. The second-order valence-corrected chi connectivity index (χ2v) is 10.7. The Hall–Kier alpha value is -4.51. The summed E-state index contributed by atoms with van der Waals surface area (Å²) in [5.74, 6) is -1.08. The molecule has 5 rings (SSSR count). The van der Waals surface area contributed by atoms with E-state index in [2.05, 4.69) is 4.99 Å². The molecule has 3 heterocycles. The Balaban J connectivity index is 1.76. The molecule has 0 saturated heterocycles. The second kappa shape index (κ2) is 11.2. The van der Waals surface area contributed by atoms with Crippen LogP contribution in [0.4, 0.5) is 5.69 Å². The van der Waals surface area contributed by atoms with E-state index in [-0.39, 0.29) is 28.8 Å². The first-order chi connectivity index (χ1) is 19.7. The molecule has 0 N–H and O–H groups in total. The molecular formula is C30H29N3O7S. The van der Waals surface area contributed by atoms with Crippen molar-refractivity contribution in [1.29, 1.82) is 0 Å². The number of benzene rings is 2. The Morgan fingerprint density at radius 3 is 2.56 bits per heavy atom. The third kappa shape index (κ3) is 4.97. The molecule has 10 nitrogen and oxygen atoms in total. The Bertz CT molecular complexity index is 1780. The molecule has 2 aromatic carbocycles. The van der Waals surface area contributed by atoms with Crippen LogP contribution in [0.25, 0.3) is 5.57 Å². The maximum absolute atomic E-state index is 14.2. The number of hydrogen-bond acceptors (Lipinski definition) is 9. The first-order valence-corrected chi connectivity index (χ1v) is 13.9. The van der Waals surface area contributed by atoms with Gasteiger partial charge in [-0.2, -0.15) is 0 Å². The van der Waals surface area contributed by atoms with Gasteiger partial charge in [0.15, 0.2) is 4.80 Å². The quantitative estimate of drug-likeness (QED) is 0.398. The fourth-order valence-electron chi connectivity index (χ4n) is 5.03. The zero-order valence-corrected chi connectivity index (χ0v) is 24.1. The standard InChI is InChI=1S/C30H29N3O7S/c1-6-39-22(34)15-32-21-13-8-7-12-20(21)24(27(32)35)26-28(36)33-25(18-10-9-11-19(14-18)38-5)23(29(37)40-16(2)3)17(4)31-30(33)41-26/h7-14,16,25H,6,15H2,1-5H3/b26-24-/t25-/m0/s1. The summed E-state index contributed by atoms with van der Waals surface area (Å²) in [5, 5.41) is 0. The first-order valence-electron chi connectivity index (χ1n) is 13.1. The number of thiazole rings is 1. The van der Waals surface area contributed by atoms with Crippen LogP contribution in [0, 0.1) is 0 Å². The van der Waals surface area contributed by atoms with E-state index >= 15 is 0 Å². The number of rotatable bonds is 7. The Labute approximate surface area is 239 Å². The lowest BCUT2D eigenvalue weighted by Gasteiger charge is -2.25. The SMILES string of the molecule is CCOC(=O)CN1C(=O)/C(=c2\sc3n(c2=O)[C@@H](c2cccc(OC)c2)C(C(=O)OC(C)C)=C(C)N=3)c2ccccc21. The van der Waals surface area contributed by atoms with Gasteiger partial charge in [-0.1, -0.05) is 41.7 Å². The van der Waals surface area contributed by atoms with Gasteiger partial charge in [0.1, 0.15) is 16.8 Å². The molecule has 0 saturated carbocycles. The number of esters is 2. The number of allylic oxidation sites excluding steroid dienone is 1. The molecule has 2 aliphatic rings. The van der Waals surface area contributed by atoms with Crippen molar-refractivity contribution in [3.05, 3.63) is 90.6 Å². The van der Waals surface area contributed by atoms with Crippen LogP contribution < -0.4 is 24.5 Å². The molecule has 2 aliphatic heterocycles. The van der Waals surface area contributed by atoms with Crippen LogP contribution in [0.3, 0.4) is 0 Å². The number of carbonyl (C=O) groups is 3. The van der Waals surface area contributed by atoms with Crippen molar-refractivity contribution < 1.29 is 28.6 Å². The third-order valence-electron chi connectivity index (χ3n) is 6.71. The number of ether oxygens (including phenoxy) is 3. The van der Waals surface area contributed by atoms with Gasteiger partial charge in [-0.3, -0.25) is 23.9 Å². The number of aromatic nitrogens is 1. The van der Waals surface area contributed by atoms with Crippen LogP contribution >= 0.6 is 11.3 Å². The highest BCUT2D eigenvalue weighted by molar-refractivity contribution is 7.07. The van der Waals surface area contributed by atoms with Crippen molar-refractivity contribution in [2.24, 2.45) is 4.99 Å². The molecule has 1 amide bonds. The molecule has 1 atom stereocenters. The number of carbonyl (C=O) groups excluding carboxylic acids is 3. The third-order valence-corrected chi connectivity index (χ3v) is 7.77. The minimum Gasteiger partial charge on any atom is -0.497 e. The highest BCUT2D eigenvalue weighted by Gasteiger charge is 2.38. The molecule has 0 radical (unpaired) electrons. The van der Waals surface area contributed by atoms with Crippen molar-refractivity contribution in [3.8, 4) is 5.75 Å². The number of hydrogen-bond donors (Lipinski definition) is 0. The Morgan fingerprint density at radius 1 is 1.10 bits per heavy atom. The number of amides is 1. The van der Waals surface area contributed by atoms with Gasteiger partial charge in [-0.15, -0.1) is 0 Å². The number of para-hydroxylation sites is 1. The normalized spacial score (nSPS) is 17.3. The van der Waals surface area contributed by atoms with E-state index in [1.54, 1.807) is 76.2 Å². The lowest BCUT2D eigenvalue weighted by Crippen LogP contribution is -2.41. The van der Waals surface area contributed by atoms with Crippen LogP contribution in [-0.4, -0.2) is 48.8 Å². The van der Waals surface area contributed by atoms with Gasteiger partial charge in [0.2, 0.25) is 0 Å². The number of anilines is 1. The molecule has 0 bridgehead atoms. The van der Waals surface area contributed by atoms with Gasteiger partial charge in [0.05, 0.1) is 48.4 Å². The zero-order valence-electron chi connectivity index (χ0n) is 23.3. The van der Waals surface area contributed by atoms with Crippen LogP contribution in [0.1, 0.15) is 44.9 Å². The lowest BCUT2D eigenvalue weighted by atomic mass is 9.95. The summed E-state index contributed by atoms with van der Waals surface area (Å²) >= 11 is 1.06. The van der Waals surface area contributed by atoms with Gasteiger partial charge in [0.25, 0.3) is 11.5 Å². The second-order valence-electron chi connectivity index (χ2n) is 9.72. The van der Waals surface area contributed by atoms with E-state index in [0.717, 1.165) is 11.3 Å². The van der Waals surface area contributed by atoms with Crippen molar-refractivity contribution in [2.45, 2.75) is 39.8 Å². The average molecular weight is 576 g/mol. The maximum atomic E-state index is 14.2. The number of methoxy groups -OCH3 is 1. The van der Waals surface area contributed by atoms with Crippen LogP contribution in [0.2, 0.25) is 0 Å². The van der Waals surface area contributed by atoms with E-state index in [4.69, 9.17) is 14.2 Å². The van der Waals surface area contributed by atoms with Gasteiger partial charge < -0.3 is 14.2 Å². The summed E-state index contributed by atoms with van der Waals surface area (Å²) < 4.78 is 17.6. The summed E-state index contributed by atoms with van der Waals surface area (Å²) in [4.78, 5) is 60.0. The first kappa shape index (κ1) is 28.0. The van der Waals surface area contributed by atoms with E-state index in [9.17, 15) is 19.2 Å². The fraction of sp³-hybridized carbons (Fsp3) is 0.300. The summed E-state index contributed by atoms with van der Waals surface area (Å²) in [6, 6.07) is 13.2. The summed E-state index contributed by atoms with van der Waals surface area (Å²) in [6.07, 6.45) is -0.390. The zero-order chi connectivity index (χ0) is 29.4. The van der Waals surface area contributed by atoms with E-state index in [0.29, 0.717) is 33.1 Å². The summed E-state index contributed by atoms with van der Waals surface area (Å²) in [7, 11) is 1.53. The van der Waals surface area contributed by atoms with Gasteiger partial charge in [-0.25, -0.2) is 9.79 Å². The van der Waals surface area contributed by atoms with Crippen LogP contribution in [0.5, 0.6) is 5.75 Å². The van der Waals surface area contributed by atoms with Crippen molar-refractivity contribution in [1.82, 2.24) is 4.57 Å². The molecule has 0 spiro atoms. The molecule has 41 heavy (non-hydrogen) atoms. The Morgan fingerprint density at radius 2 is 1.85 bits per heavy atom. The molecular weight excluding hydrogens is 546 g/mol. The number of nitrogens with zero attached hydrogens (tertiary/aromatic N) is 3.